The summed E-state index contributed by atoms with van der Waals surface area (Å²) >= 11 is 0. The van der Waals surface area contributed by atoms with Gasteiger partial charge in [-0.2, -0.15) is 0 Å². The van der Waals surface area contributed by atoms with Gasteiger partial charge in [-0.25, -0.2) is 14.4 Å². The Bertz CT molecular complexity index is 704. The van der Waals surface area contributed by atoms with Crippen molar-refractivity contribution in [1.29, 1.82) is 0 Å². The molecule has 1 aromatic heterocycles. The Morgan fingerprint density at radius 1 is 1.38 bits per heavy atom. The van der Waals surface area contributed by atoms with Crippen LogP contribution < -0.4 is 10.5 Å². The van der Waals surface area contributed by atoms with E-state index in [2.05, 4.69) is 9.98 Å². The van der Waals surface area contributed by atoms with Gasteiger partial charge >= 0.3 is 0 Å². The number of aliphatic imine (C=N–C) groups is 1. The monoisotopic (exact) mass is 442 g/mol. The van der Waals surface area contributed by atoms with E-state index >= 15 is 0 Å². The normalized spacial score (nSPS) is 14.0. The van der Waals surface area contributed by atoms with Crippen LogP contribution in [-0.2, 0) is 6.54 Å². The molecule has 3 rings (SSSR count). The molecule has 1 aromatic carbocycles. The highest BCUT2D eigenvalue weighted by molar-refractivity contribution is 14.0. The average molecular weight is 442 g/mol. The van der Waals surface area contributed by atoms with Crippen LogP contribution in [0.15, 0.2) is 47.6 Å². The standard InChI is InChI=1S/C17H19FN4O.HI/c1-22(14-6-7-14)17(19)21-11-12-5-8-16(20-10-12)23-15-4-2-3-13(18)9-15;/h2-5,8-10,14H,6-7,11H2,1H3,(H2,19,21);1H. The fourth-order valence-corrected chi connectivity index (χ4v) is 2.15. The van der Waals surface area contributed by atoms with Crippen LogP contribution in [0.25, 0.3) is 0 Å². The van der Waals surface area contributed by atoms with E-state index in [9.17, 15) is 4.39 Å². The van der Waals surface area contributed by atoms with E-state index in [1.165, 1.54) is 25.0 Å². The highest BCUT2D eigenvalue weighted by Crippen LogP contribution is 2.25. The van der Waals surface area contributed by atoms with Gasteiger partial charge in [-0.15, -0.1) is 24.0 Å². The molecule has 7 heteroatoms. The van der Waals surface area contributed by atoms with E-state index in [1.807, 2.05) is 18.0 Å². The first kappa shape index (κ1) is 18.4. The second kappa shape index (κ2) is 8.27. The zero-order chi connectivity index (χ0) is 16.2. The van der Waals surface area contributed by atoms with Crippen LogP contribution in [0.5, 0.6) is 11.6 Å². The maximum absolute atomic E-state index is 13.1. The summed E-state index contributed by atoms with van der Waals surface area (Å²) in [4.78, 5) is 10.6. The third-order valence-electron chi connectivity index (χ3n) is 3.70. The first-order valence-corrected chi connectivity index (χ1v) is 7.53. The maximum atomic E-state index is 13.1. The van der Waals surface area contributed by atoms with E-state index in [0.717, 1.165) is 5.56 Å². The van der Waals surface area contributed by atoms with E-state index < -0.39 is 0 Å². The number of nitrogens with two attached hydrogens (primary N) is 1. The molecule has 1 saturated carbocycles. The molecular formula is C17H20FIN4O. The van der Waals surface area contributed by atoms with Crippen LogP contribution in [0, 0.1) is 5.82 Å². The Morgan fingerprint density at radius 2 is 2.17 bits per heavy atom. The Kier molecular flexibility index (Phi) is 6.36. The van der Waals surface area contributed by atoms with Crippen molar-refractivity contribution < 1.29 is 9.13 Å². The number of hydrogen-bond acceptors (Lipinski definition) is 3. The van der Waals surface area contributed by atoms with Crippen LogP contribution in [0.1, 0.15) is 18.4 Å². The fraction of sp³-hybridized carbons (Fsp3) is 0.294. The van der Waals surface area contributed by atoms with Gasteiger partial charge in [0.15, 0.2) is 5.96 Å². The molecule has 0 radical (unpaired) electrons. The van der Waals surface area contributed by atoms with Crippen LogP contribution >= 0.6 is 24.0 Å². The summed E-state index contributed by atoms with van der Waals surface area (Å²) in [5, 5.41) is 0. The van der Waals surface area contributed by atoms with Gasteiger partial charge < -0.3 is 15.4 Å². The largest absolute Gasteiger partial charge is 0.439 e. The molecule has 1 heterocycles. The summed E-state index contributed by atoms with van der Waals surface area (Å²) in [5.41, 5.74) is 6.88. The predicted octanol–water partition coefficient (Wildman–Crippen LogP) is 3.54. The summed E-state index contributed by atoms with van der Waals surface area (Å²) in [7, 11) is 1.96. The van der Waals surface area contributed by atoms with Crippen LogP contribution in [0.3, 0.4) is 0 Å². The number of pyridine rings is 1. The van der Waals surface area contributed by atoms with Crippen LogP contribution in [0.4, 0.5) is 4.39 Å². The smallest absolute Gasteiger partial charge is 0.219 e. The molecular weight excluding hydrogens is 422 g/mol. The summed E-state index contributed by atoms with van der Waals surface area (Å²) in [6.07, 6.45) is 4.04. The number of hydrogen-bond donors (Lipinski definition) is 1. The van der Waals surface area contributed by atoms with Gasteiger partial charge in [-0.05, 0) is 30.5 Å². The van der Waals surface area contributed by atoms with Gasteiger partial charge in [0.2, 0.25) is 5.88 Å². The highest BCUT2D eigenvalue weighted by atomic mass is 127. The van der Waals surface area contributed by atoms with E-state index in [0.29, 0.717) is 30.2 Å². The van der Waals surface area contributed by atoms with Crippen molar-refractivity contribution in [1.82, 2.24) is 9.88 Å². The third kappa shape index (κ3) is 5.05. The quantitative estimate of drug-likeness (QED) is 0.437. The van der Waals surface area contributed by atoms with Gasteiger partial charge in [0, 0.05) is 31.4 Å². The van der Waals surface area contributed by atoms with Crippen molar-refractivity contribution in [3.05, 3.63) is 54.0 Å². The summed E-state index contributed by atoms with van der Waals surface area (Å²) in [6, 6.07) is 10.1. The molecule has 0 spiro atoms. The molecule has 0 atom stereocenters. The van der Waals surface area contributed by atoms with Crippen LogP contribution in [0.2, 0.25) is 0 Å². The van der Waals surface area contributed by atoms with Gasteiger partial charge in [-0.1, -0.05) is 12.1 Å². The van der Waals surface area contributed by atoms with E-state index in [4.69, 9.17) is 10.5 Å². The molecule has 2 N–H and O–H groups in total. The van der Waals surface area contributed by atoms with Crippen molar-refractivity contribution in [2.75, 3.05) is 7.05 Å². The molecule has 1 fully saturated rings. The zero-order valence-corrected chi connectivity index (χ0v) is 15.7. The lowest BCUT2D eigenvalue weighted by Gasteiger charge is -2.16. The molecule has 0 bridgehead atoms. The molecule has 24 heavy (non-hydrogen) atoms. The van der Waals surface area contributed by atoms with Gasteiger partial charge in [0.05, 0.1) is 6.54 Å². The lowest BCUT2D eigenvalue weighted by molar-refractivity contribution is 0.457. The molecule has 0 amide bonds. The third-order valence-corrected chi connectivity index (χ3v) is 3.70. The van der Waals surface area contributed by atoms with Crippen molar-refractivity contribution in [2.45, 2.75) is 25.4 Å². The van der Waals surface area contributed by atoms with E-state index in [1.54, 1.807) is 24.4 Å². The van der Waals surface area contributed by atoms with Crippen LogP contribution in [-0.4, -0.2) is 28.9 Å². The van der Waals surface area contributed by atoms with Crippen molar-refractivity contribution >= 4 is 29.9 Å². The average Bonchev–Trinajstić information content (AvgIpc) is 3.38. The minimum Gasteiger partial charge on any atom is -0.439 e. The Morgan fingerprint density at radius 3 is 2.79 bits per heavy atom. The molecule has 5 nitrogen and oxygen atoms in total. The van der Waals surface area contributed by atoms with E-state index in [-0.39, 0.29) is 29.8 Å². The van der Waals surface area contributed by atoms with Crippen molar-refractivity contribution in [2.24, 2.45) is 10.7 Å². The molecule has 0 aliphatic heterocycles. The second-order valence-electron chi connectivity index (χ2n) is 5.58. The Labute approximate surface area is 157 Å². The Hall–Kier alpha value is -1.90. The topological polar surface area (TPSA) is 63.7 Å². The fourth-order valence-electron chi connectivity index (χ4n) is 2.15. The second-order valence-corrected chi connectivity index (χ2v) is 5.58. The summed E-state index contributed by atoms with van der Waals surface area (Å²) in [5.74, 6) is 1.03. The number of aromatic nitrogens is 1. The maximum Gasteiger partial charge on any atom is 0.219 e. The zero-order valence-electron chi connectivity index (χ0n) is 13.4. The number of halogens is 2. The first-order valence-electron chi connectivity index (χ1n) is 7.53. The lowest BCUT2D eigenvalue weighted by atomic mass is 10.3. The molecule has 2 aromatic rings. The summed E-state index contributed by atoms with van der Waals surface area (Å²) < 4.78 is 18.6. The first-order chi connectivity index (χ1) is 11.1. The van der Waals surface area contributed by atoms with Gasteiger partial charge in [0.25, 0.3) is 0 Å². The number of nitrogens with zero attached hydrogens (tertiary/aromatic N) is 3. The molecule has 1 aliphatic carbocycles. The number of guanidine groups is 1. The lowest BCUT2D eigenvalue weighted by Crippen LogP contribution is -2.35. The highest BCUT2D eigenvalue weighted by Gasteiger charge is 2.27. The van der Waals surface area contributed by atoms with Crippen molar-refractivity contribution in [3.63, 3.8) is 0 Å². The minimum absolute atomic E-state index is 0. The Balaban J connectivity index is 0.00000208. The SMILES string of the molecule is CN(C(N)=NCc1ccc(Oc2cccc(F)c2)nc1)C1CC1.I. The minimum atomic E-state index is -0.344. The molecule has 1 aliphatic rings. The van der Waals surface area contributed by atoms with Crippen molar-refractivity contribution in [3.8, 4) is 11.6 Å². The number of rotatable bonds is 5. The van der Waals surface area contributed by atoms with Gasteiger partial charge in [0.1, 0.15) is 11.6 Å². The summed E-state index contributed by atoms with van der Waals surface area (Å²) in [6.45, 7) is 0.468. The number of benzene rings is 1. The van der Waals surface area contributed by atoms with Gasteiger partial charge in [-0.3, -0.25) is 0 Å². The number of ether oxygens (including phenoxy) is 1. The molecule has 0 saturated heterocycles. The predicted molar refractivity (Wildman–Crippen MR) is 102 cm³/mol. The molecule has 128 valence electrons. The molecule has 0 unspecified atom stereocenters.